The number of fused-ring (bicyclic) bond motifs is 1. The molecule has 2 aliphatic heterocycles. The zero-order valence-corrected chi connectivity index (χ0v) is 10.7. The molecule has 0 N–H and O–H groups in total. The molecule has 0 spiro atoms. The molecule has 7 heteroatoms. The van der Waals surface area contributed by atoms with Crippen LogP contribution in [-0.4, -0.2) is 70.5 Å². The number of amides is 3. The van der Waals surface area contributed by atoms with E-state index in [2.05, 4.69) is 4.99 Å². The molecule has 2 aliphatic rings. The third kappa shape index (κ3) is 1.63. The molecule has 0 bridgehead atoms. The highest BCUT2D eigenvalue weighted by Crippen LogP contribution is 2.18. The molecule has 0 aromatic heterocycles. The summed E-state index contributed by atoms with van der Waals surface area (Å²) in [5.74, 6) is 1.36. The first-order valence-electron chi connectivity index (χ1n) is 5.29. The van der Waals surface area contributed by atoms with Gasteiger partial charge in [-0.15, -0.1) is 11.6 Å². The molecule has 0 aromatic rings. The summed E-state index contributed by atoms with van der Waals surface area (Å²) in [5, 5.41) is 0. The van der Waals surface area contributed by atoms with Crippen LogP contribution in [0.1, 0.15) is 6.92 Å². The number of likely N-dealkylation sites (N-methyl/N-ethyl adjacent to an activating group) is 2. The third-order valence-corrected chi connectivity index (χ3v) is 3.22. The largest absolute Gasteiger partial charge is 0.333 e. The molecule has 0 aromatic carbocycles. The lowest BCUT2D eigenvalue weighted by molar-refractivity contribution is -0.531. The van der Waals surface area contributed by atoms with Crippen molar-refractivity contribution in [1.29, 1.82) is 0 Å². The van der Waals surface area contributed by atoms with Crippen molar-refractivity contribution in [2.75, 3.05) is 26.5 Å². The first-order chi connectivity index (χ1) is 7.99. The third-order valence-electron chi connectivity index (χ3n) is 3.06. The number of carbonyl (C=O) groups excluding carboxylic acids is 2. The van der Waals surface area contributed by atoms with Crippen LogP contribution in [0.5, 0.6) is 0 Å². The number of amidine groups is 2. The van der Waals surface area contributed by atoms with E-state index in [9.17, 15) is 9.59 Å². The van der Waals surface area contributed by atoms with Gasteiger partial charge in [-0.1, -0.05) is 0 Å². The van der Waals surface area contributed by atoms with E-state index >= 15 is 0 Å². The van der Waals surface area contributed by atoms with Crippen LogP contribution in [0.3, 0.4) is 0 Å². The lowest BCUT2D eigenvalue weighted by atomic mass is 10.1. The summed E-state index contributed by atoms with van der Waals surface area (Å²) in [6.45, 7) is 2.34. The van der Waals surface area contributed by atoms with E-state index in [1.165, 1.54) is 11.9 Å². The van der Waals surface area contributed by atoms with Gasteiger partial charge >= 0.3 is 6.03 Å². The summed E-state index contributed by atoms with van der Waals surface area (Å²) in [6, 6.07) is -0.869. The van der Waals surface area contributed by atoms with E-state index < -0.39 is 6.04 Å². The Morgan fingerprint density at radius 3 is 2.59 bits per heavy atom. The van der Waals surface area contributed by atoms with Gasteiger partial charge in [0.25, 0.3) is 23.6 Å². The van der Waals surface area contributed by atoms with E-state index in [0.29, 0.717) is 24.1 Å². The quantitative estimate of drug-likeness (QED) is 0.515. The second-order valence-corrected chi connectivity index (χ2v) is 4.42. The average molecular weight is 258 g/mol. The highest BCUT2D eigenvalue weighted by molar-refractivity contribution is 6.22. The molecule has 17 heavy (non-hydrogen) atoms. The van der Waals surface area contributed by atoms with Crippen molar-refractivity contribution in [2.45, 2.75) is 13.0 Å². The van der Waals surface area contributed by atoms with Crippen LogP contribution < -0.4 is 0 Å². The maximum atomic E-state index is 12.1. The topological polar surface area (TPSA) is 56.0 Å². The van der Waals surface area contributed by atoms with Crippen molar-refractivity contribution < 1.29 is 14.2 Å². The highest BCUT2D eigenvalue weighted by Gasteiger charge is 2.51. The van der Waals surface area contributed by atoms with E-state index in [4.69, 9.17) is 11.6 Å². The molecule has 0 aliphatic carbocycles. The molecule has 6 nitrogen and oxygen atoms in total. The van der Waals surface area contributed by atoms with Crippen LogP contribution in [0.2, 0.25) is 0 Å². The number of imide groups is 1. The van der Waals surface area contributed by atoms with Gasteiger partial charge in [-0.05, 0) is 4.99 Å². The first-order valence-corrected chi connectivity index (χ1v) is 5.82. The van der Waals surface area contributed by atoms with Gasteiger partial charge < -0.3 is 0 Å². The van der Waals surface area contributed by atoms with E-state index in [1.807, 2.05) is 11.5 Å². The number of rotatable bonds is 2. The molecular formula is C10H14ClN4O2+. The van der Waals surface area contributed by atoms with Gasteiger partial charge in [0, 0.05) is 21.0 Å². The zero-order valence-electron chi connectivity index (χ0n) is 9.97. The minimum absolute atomic E-state index is 0.256. The smallest absolute Gasteiger partial charge is 0.269 e. The van der Waals surface area contributed by atoms with Crippen molar-refractivity contribution in [3.8, 4) is 0 Å². The Morgan fingerprint density at radius 1 is 1.35 bits per heavy atom. The Bertz CT molecular complexity index is 457. The van der Waals surface area contributed by atoms with E-state index in [1.54, 1.807) is 7.05 Å². The monoisotopic (exact) mass is 257 g/mol. The zero-order chi connectivity index (χ0) is 12.7. The van der Waals surface area contributed by atoms with E-state index in [-0.39, 0.29) is 11.9 Å². The summed E-state index contributed by atoms with van der Waals surface area (Å²) in [4.78, 5) is 30.6. The molecule has 0 radical (unpaired) electrons. The number of carbonyl (C=O) groups is 2. The van der Waals surface area contributed by atoms with E-state index in [0.717, 1.165) is 4.90 Å². The molecule has 0 saturated carbocycles. The van der Waals surface area contributed by atoms with Gasteiger partial charge in [0.1, 0.15) is 6.54 Å². The van der Waals surface area contributed by atoms with Gasteiger partial charge in [-0.2, -0.15) is 0 Å². The van der Waals surface area contributed by atoms with Gasteiger partial charge in [-0.3, -0.25) is 14.6 Å². The Hall–Kier alpha value is -1.43. The normalized spacial score (nSPS) is 24.5. The van der Waals surface area contributed by atoms with Crippen molar-refractivity contribution in [3.05, 3.63) is 0 Å². The Morgan fingerprint density at radius 2 is 2.00 bits per heavy atom. The van der Waals surface area contributed by atoms with Crippen molar-refractivity contribution >= 4 is 35.2 Å². The lowest BCUT2D eigenvalue weighted by Crippen LogP contribution is -2.61. The SMILES string of the molecule is CC1=[N+](CCCl)C2C(=O)N(C)C(=O)N(C)C2=N1. The van der Waals surface area contributed by atoms with Gasteiger partial charge in [0.2, 0.25) is 0 Å². The second-order valence-electron chi connectivity index (χ2n) is 4.04. The fourth-order valence-electron chi connectivity index (χ4n) is 2.10. The fraction of sp³-hybridized carbons (Fsp3) is 0.600. The summed E-state index contributed by atoms with van der Waals surface area (Å²) in [5.41, 5.74) is 0. The van der Waals surface area contributed by atoms with Crippen molar-refractivity contribution in [1.82, 2.24) is 9.80 Å². The average Bonchev–Trinajstić information content (AvgIpc) is 2.62. The first kappa shape index (κ1) is 12.0. The van der Waals surface area contributed by atoms with Crippen LogP contribution in [-0.2, 0) is 4.79 Å². The number of aliphatic imine (C=N–C) groups is 1. The summed E-state index contributed by atoms with van der Waals surface area (Å²) < 4.78 is 1.82. The minimum atomic E-state index is -0.513. The molecule has 1 saturated heterocycles. The number of urea groups is 1. The van der Waals surface area contributed by atoms with Crippen LogP contribution in [0.4, 0.5) is 4.79 Å². The number of halogens is 1. The molecule has 92 valence electrons. The minimum Gasteiger partial charge on any atom is -0.269 e. The predicted octanol–water partition coefficient (Wildman–Crippen LogP) is -0.0394. The molecule has 3 amide bonds. The maximum absolute atomic E-state index is 12.1. The lowest BCUT2D eigenvalue weighted by Gasteiger charge is -2.30. The molecule has 2 rings (SSSR count). The van der Waals surface area contributed by atoms with Gasteiger partial charge in [-0.25, -0.2) is 9.37 Å². The summed E-state index contributed by atoms with van der Waals surface area (Å²) in [6.07, 6.45) is 0. The molecule has 1 fully saturated rings. The van der Waals surface area contributed by atoms with Gasteiger partial charge in [0.05, 0.1) is 5.88 Å². The Kier molecular flexibility index (Phi) is 2.91. The van der Waals surface area contributed by atoms with Crippen LogP contribution in [0, 0.1) is 0 Å². The Balaban J connectivity index is 2.42. The van der Waals surface area contributed by atoms with Crippen LogP contribution in [0.15, 0.2) is 4.99 Å². The molecule has 1 atom stereocenters. The van der Waals surface area contributed by atoms with Gasteiger partial charge in [0.15, 0.2) is 0 Å². The molecular weight excluding hydrogens is 244 g/mol. The van der Waals surface area contributed by atoms with Crippen LogP contribution >= 0.6 is 11.6 Å². The summed E-state index contributed by atoms with van der Waals surface area (Å²) in [7, 11) is 3.10. The standard InChI is InChI=1S/C10H14ClN4O2/c1-6-12-8-7(15(6)5-4-11)9(16)14(3)10(17)13(8)2/h7H,4-5H2,1-3H3/q+1. The number of hydrogen-bond donors (Lipinski definition) is 0. The fourth-order valence-corrected chi connectivity index (χ4v) is 2.28. The number of hydrogen-bond acceptors (Lipinski definition) is 3. The molecule has 2 heterocycles. The number of nitrogens with zero attached hydrogens (tertiary/aromatic N) is 4. The maximum Gasteiger partial charge on any atom is 0.333 e. The molecule has 1 unspecified atom stereocenters. The van der Waals surface area contributed by atoms with Crippen molar-refractivity contribution in [2.24, 2.45) is 4.99 Å². The number of alkyl halides is 1. The van der Waals surface area contributed by atoms with Crippen LogP contribution in [0.25, 0.3) is 0 Å². The van der Waals surface area contributed by atoms with Crippen molar-refractivity contribution in [3.63, 3.8) is 0 Å². The Labute approximate surface area is 104 Å². The predicted molar refractivity (Wildman–Crippen MR) is 63.7 cm³/mol. The highest BCUT2D eigenvalue weighted by atomic mass is 35.5. The summed E-state index contributed by atoms with van der Waals surface area (Å²) >= 11 is 5.72. The second kappa shape index (κ2) is 4.10.